The van der Waals surface area contributed by atoms with E-state index >= 15 is 0 Å². The SMILES string of the molecule is [CH2]CCOC(=CC)CC. The summed E-state index contributed by atoms with van der Waals surface area (Å²) in [7, 11) is 0. The quantitative estimate of drug-likeness (QED) is 0.527. The molecule has 0 unspecified atom stereocenters. The number of rotatable bonds is 4. The second-order valence-electron chi connectivity index (χ2n) is 1.81. The Labute approximate surface area is 57.7 Å². The molecule has 0 aliphatic carbocycles. The van der Waals surface area contributed by atoms with Crippen molar-refractivity contribution in [1.82, 2.24) is 0 Å². The third-order valence-electron chi connectivity index (χ3n) is 1.10. The van der Waals surface area contributed by atoms with E-state index < -0.39 is 0 Å². The summed E-state index contributed by atoms with van der Waals surface area (Å²) in [5.41, 5.74) is 0. The Morgan fingerprint density at radius 3 is 2.67 bits per heavy atom. The molecule has 1 radical (unpaired) electrons. The fourth-order valence-corrected chi connectivity index (χ4v) is 0.593. The molecule has 0 spiro atoms. The zero-order valence-electron chi connectivity index (χ0n) is 6.31. The molecule has 0 amide bonds. The highest BCUT2D eigenvalue weighted by molar-refractivity contribution is 4.88. The molecule has 0 saturated carbocycles. The maximum Gasteiger partial charge on any atom is 0.0914 e. The Hall–Kier alpha value is -0.460. The summed E-state index contributed by atoms with van der Waals surface area (Å²) in [5, 5.41) is 0. The molecular formula is C8H15O. The van der Waals surface area contributed by atoms with Crippen molar-refractivity contribution in [2.75, 3.05) is 6.61 Å². The van der Waals surface area contributed by atoms with E-state index in [4.69, 9.17) is 4.74 Å². The van der Waals surface area contributed by atoms with Gasteiger partial charge in [-0.15, -0.1) is 0 Å². The first-order chi connectivity index (χ1) is 4.35. The summed E-state index contributed by atoms with van der Waals surface area (Å²) in [6.07, 6.45) is 3.82. The Bertz CT molecular complexity index is 84.6. The van der Waals surface area contributed by atoms with E-state index in [1.165, 1.54) is 0 Å². The molecule has 0 fully saturated rings. The van der Waals surface area contributed by atoms with Crippen LogP contribution in [0.2, 0.25) is 0 Å². The maximum absolute atomic E-state index is 5.29. The van der Waals surface area contributed by atoms with Crippen molar-refractivity contribution in [3.63, 3.8) is 0 Å². The van der Waals surface area contributed by atoms with Crippen molar-refractivity contribution in [1.29, 1.82) is 0 Å². The van der Waals surface area contributed by atoms with Crippen LogP contribution in [0.5, 0.6) is 0 Å². The van der Waals surface area contributed by atoms with Crippen LogP contribution in [0, 0.1) is 6.92 Å². The Kier molecular flexibility index (Phi) is 5.38. The molecule has 0 aliphatic heterocycles. The van der Waals surface area contributed by atoms with Gasteiger partial charge in [0.15, 0.2) is 0 Å². The molecule has 1 nitrogen and oxygen atoms in total. The minimum Gasteiger partial charge on any atom is -0.498 e. The summed E-state index contributed by atoms with van der Waals surface area (Å²) < 4.78 is 5.29. The fraction of sp³-hybridized carbons (Fsp3) is 0.625. The molecule has 53 valence electrons. The third-order valence-corrected chi connectivity index (χ3v) is 1.10. The average molecular weight is 127 g/mol. The van der Waals surface area contributed by atoms with Crippen LogP contribution in [0.4, 0.5) is 0 Å². The number of ether oxygens (including phenoxy) is 1. The lowest BCUT2D eigenvalue weighted by atomic mass is 10.4. The highest BCUT2D eigenvalue weighted by Crippen LogP contribution is 2.01. The minimum absolute atomic E-state index is 0.744. The Morgan fingerprint density at radius 2 is 2.33 bits per heavy atom. The van der Waals surface area contributed by atoms with Gasteiger partial charge in [0.1, 0.15) is 0 Å². The van der Waals surface area contributed by atoms with E-state index in [0.29, 0.717) is 0 Å². The van der Waals surface area contributed by atoms with Gasteiger partial charge in [-0.25, -0.2) is 0 Å². The van der Waals surface area contributed by atoms with E-state index in [1.54, 1.807) is 0 Å². The van der Waals surface area contributed by atoms with Crippen LogP contribution in [-0.4, -0.2) is 6.61 Å². The standard InChI is InChI=1S/C8H15O/c1-4-7-9-8(5-2)6-3/h5H,1,4,6-7H2,2-3H3. The van der Waals surface area contributed by atoms with Gasteiger partial charge in [0.05, 0.1) is 12.4 Å². The average Bonchev–Trinajstić information content (AvgIpc) is 1.91. The first-order valence-electron chi connectivity index (χ1n) is 3.42. The van der Waals surface area contributed by atoms with Gasteiger partial charge in [0, 0.05) is 6.42 Å². The normalized spacial score (nSPS) is 11.7. The first kappa shape index (κ1) is 8.54. The van der Waals surface area contributed by atoms with Gasteiger partial charge in [0.2, 0.25) is 0 Å². The van der Waals surface area contributed by atoms with Crippen molar-refractivity contribution in [2.45, 2.75) is 26.7 Å². The highest BCUT2D eigenvalue weighted by Gasteiger charge is 1.88. The summed E-state index contributed by atoms with van der Waals surface area (Å²) in [6, 6.07) is 0. The molecule has 0 heterocycles. The van der Waals surface area contributed by atoms with E-state index in [0.717, 1.165) is 25.2 Å². The lowest BCUT2D eigenvalue weighted by Crippen LogP contribution is -1.91. The summed E-state index contributed by atoms with van der Waals surface area (Å²) in [4.78, 5) is 0. The molecule has 1 heteroatoms. The van der Waals surface area contributed by atoms with Crippen LogP contribution in [0.1, 0.15) is 26.7 Å². The van der Waals surface area contributed by atoms with E-state index in [-0.39, 0.29) is 0 Å². The predicted molar refractivity (Wildman–Crippen MR) is 40.0 cm³/mol. The Morgan fingerprint density at radius 1 is 1.67 bits per heavy atom. The number of hydrogen-bond acceptors (Lipinski definition) is 1. The van der Waals surface area contributed by atoms with Crippen LogP contribution in [0.25, 0.3) is 0 Å². The lowest BCUT2D eigenvalue weighted by molar-refractivity contribution is 0.209. The summed E-state index contributed by atoms with van der Waals surface area (Å²) in [6.45, 7) is 8.49. The zero-order chi connectivity index (χ0) is 7.11. The van der Waals surface area contributed by atoms with Crippen LogP contribution >= 0.6 is 0 Å². The van der Waals surface area contributed by atoms with Crippen molar-refractivity contribution < 1.29 is 4.74 Å². The second-order valence-corrected chi connectivity index (χ2v) is 1.81. The smallest absolute Gasteiger partial charge is 0.0914 e. The molecule has 0 atom stereocenters. The molecule has 0 aliphatic rings. The lowest BCUT2D eigenvalue weighted by Gasteiger charge is -2.04. The van der Waals surface area contributed by atoms with E-state index in [2.05, 4.69) is 13.8 Å². The van der Waals surface area contributed by atoms with Gasteiger partial charge in [-0.3, -0.25) is 0 Å². The molecule has 0 saturated heterocycles. The number of hydrogen-bond donors (Lipinski definition) is 0. The molecule has 0 aromatic carbocycles. The monoisotopic (exact) mass is 127 g/mol. The van der Waals surface area contributed by atoms with Gasteiger partial charge in [-0.2, -0.15) is 0 Å². The Balaban J connectivity index is 3.33. The molecule has 0 N–H and O–H groups in total. The maximum atomic E-state index is 5.29. The molecule has 9 heavy (non-hydrogen) atoms. The predicted octanol–water partition coefficient (Wildman–Crippen LogP) is 2.54. The molecule has 0 bridgehead atoms. The molecular weight excluding hydrogens is 112 g/mol. The molecule has 0 aromatic rings. The van der Waals surface area contributed by atoms with Crippen LogP contribution in [-0.2, 0) is 4.74 Å². The van der Waals surface area contributed by atoms with Crippen molar-refractivity contribution >= 4 is 0 Å². The third kappa shape index (κ3) is 4.07. The van der Waals surface area contributed by atoms with Crippen molar-refractivity contribution in [2.24, 2.45) is 0 Å². The molecule has 0 rings (SSSR count). The van der Waals surface area contributed by atoms with Gasteiger partial charge in [0.25, 0.3) is 0 Å². The first-order valence-corrected chi connectivity index (χ1v) is 3.42. The van der Waals surface area contributed by atoms with E-state index in [9.17, 15) is 0 Å². The minimum atomic E-state index is 0.744. The number of allylic oxidation sites excluding steroid dienone is 2. The zero-order valence-corrected chi connectivity index (χ0v) is 6.31. The topological polar surface area (TPSA) is 9.23 Å². The van der Waals surface area contributed by atoms with Gasteiger partial charge in [-0.1, -0.05) is 6.92 Å². The van der Waals surface area contributed by atoms with Gasteiger partial charge in [-0.05, 0) is 26.3 Å². The second kappa shape index (κ2) is 5.67. The summed E-state index contributed by atoms with van der Waals surface area (Å²) in [5.74, 6) is 1.07. The highest BCUT2D eigenvalue weighted by atomic mass is 16.5. The molecule has 0 aromatic heterocycles. The van der Waals surface area contributed by atoms with Gasteiger partial charge < -0.3 is 4.74 Å². The fourth-order valence-electron chi connectivity index (χ4n) is 0.593. The van der Waals surface area contributed by atoms with Crippen molar-refractivity contribution in [3.8, 4) is 0 Å². The summed E-state index contributed by atoms with van der Waals surface area (Å²) >= 11 is 0. The van der Waals surface area contributed by atoms with Crippen LogP contribution in [0.3, 0.4) is 0 Å². The largest absolute Gasteiger partial charge is 0.498 e. The van der Waals surface area contributed by atoms with E-state index in [1.807, 2.05) is 13.0 Å². The van der Waals surface area contributed by atoms with Crippen molar-refractivity contribution in [3.05, 3.63) is 18.8 Å². The van der Waals surface area contributed by atoms with Gasteiger partial charge >= 0.3 is 0 Å². The van der Waals surface area contributed by atoms with Crippen LogP contribution in [0.15, 0.2) is 11.8 Å². The van der Waals surface area contributed by atoms with Crippen LogP contribution < -0.4 is 0 Å².